The number of hydrogen-bond acceptors (Lipinski definition) is 3. The fourth-order valence-corrected chi connectivity index (χ4v) is 2.54. The first-order chi connectivity index (χ1) is 11.0. The van der Waals surface area contributed by atoms with Crippen molar-refractivity contribution in [2.45, 2.75) is 18.9 Å². The number of anilines is 1. The normalized spacial score (nSPS) is 19.4. The van der Waals surface area contributed by atoms with E-state index in [0.717, 1.165) is 0 Å². The zero-order chi connectivity index (χ0) is 16.6. The Hall–Kier alpha value is -2.77. The maximum Gasteiger partial charge on any atom is 0.325 e. The number of carboxylic acid groups (broad SMARTS) is 1. The van der Waals surface area contributed by atoms with Crippen LogP contribution >= 0.6 is 0 Å². The third-order valence-corrected chi connectivity index (χ3v) is 3.69. The fraction of sp³-hybridized carbons (Fsp3) is 0.267. The lowest BCUT2D eigenvalue weighted by molar-refractivity contribution is -0.137. The molecule has 0 radical (unpaired) electrons. The minimum Gasteiger partial charge on any atom is -0.480 e. The second-order valence-corrected chi connectivity index (χ2v) is 5.37. The van der Waals surface area contributed by atoms with Gasteiger partial charge in [0.15, 0.2) is 5.82 Å². The Labute approximate surface area is 129 Å². The van der Waals surface area contributed by atoms with Crippen LogP contribution in [0.25, 0.3) is 0 Å². The Balaban J connectivity index is 1.64. The molecule has 23 heavy (non-hydrogen) atoms. The Bertz CT molecular complexity index is 755. The van der Waals surface area contributed by atoms with Gasteiger partial charge in [-0.05, 0) is 18.6 Å². The van der Waals surface area contributed by atoms with Crippen LogP contribution in [0.4, 0.5) is 14.6 Å². The number of hydrogen-bond donors (Lipinski definition) is 2. The second-order valence-electron chi connectivity index (χ2n) is 5.37. The number of nitrogens with one attached hydrogen (secondary N) is 1. The van der Waals surface area contributed by atoms with E-state index in [1.54, 1.807) is 0 Å². The van der Waals surface area contributed by atoms with Gasteiger partial charge in [0, 0.05) is 29.7 Å². The Morgan fingerprint density at radius 3 is 2.65 bits per heavy atom. The van der Waals surface area contributed by atoms with Gasteiger partial charge in [-0.15, -0.1) is 0 Å². The van der Waals surface area contributed by atoms with E-state index >= 15 is 0 Å². The molecule has 1 aromatic carbocycles. The Kier molecular flexibility index (Phi) is 3.81. The molecule has 1 aliphatic carbocycles. The zero-order valence-corrected chi connectivity index (χ0v) is 11.9. The number of rotatable bonds is 5. The average Bonchev–Trinajstić information content (AvgIpc) is 3.13. The van der Waals surface area contributed by atoms with Crippen LogP contribution in [0.1, 0.15) is 17.9 Å². The third-order valence-electron chi connectivity index (χ3n) is 3.69. The van der Waals surface area contributed by atoms with Crippen molar-refractivity contribution in [3.05, 3.63) is 47.7 Å². The predicted molar refractivity (Wildman–Crippen MR) is 75.7 cm³/mol. The summed E-state index contributed by atoms with van der Waals surface area (Å²) in [5.74, 6) is -3.56. The number of halogens is 2. The number of benzene rings is 1. The van der Waals surface area contributed by atoms with Crippen LogP contribution in [-0.2, 0) is 16.1 Å². The van der Waals surface area contributed by atoms with Gasteiger partial charge < -0.3 is 10.4 Å². The highest BCUT2D eigenvalue weighted by Gasteiger charge is 2.46. The molecule has 8 heteroatoms. The van der Waals surface area contributed by atoms with E-state index in [0.29, 0.717) is 6.42 Å². The highest BCUT2D eigenvalue weighted by molar-refractivity contribution is 5.94. The van der Waals surface area contributed by atoms with Crippen molar-refractivity contribution in [2.75, 3.05) is 5.32 Å². The predicted octanol–water partition coefficient (Wildman–Crippen LogP) is 1.99. The molecule has 2 aromatic rings. The average molecular weight is 321 g/mol. The number of aromatic nitrogens is 2. The van der Waals surface area contributed by atoms with E-state index in [-0.39, 0.29) is 17.9 Å². The minimum atomic E-state index is -1.05. The molecule has 1 heterocycles. The summed E-state index contributed by atoms with van der Waals surface area (Å²) in [5, 5.41) is 15.1. The largest absolute Gasteiger partial charge is 0.480 e. The van der Waals surface area contributed by atoms with E-state index in [1.807, 2.05) is 0 Å². The summed E-state index contributed by atoms with van der Waals surface area (Å²) >= 11 is 0. The summed E-state index contributed by atoms with van der Waals surface area (Å²) in [7, 11) is 0. The van der Waals surface area contributed by atoms with Gasteiger partial charge in [-0.3, -0.25) is 14.3 Å². The molecule has 0 spiro atoms. The first-order valence-electron chi connectivity index (χ1n) is 6.95. The lowest BCUT2D eigenvalue weighted by atomic mass is 10.1. The van der Waals surface area contributed by atoms with Crippen molar-refractivity contribution in [2.24, 2.45) is 5.92 Å². The summed E-state index contributed by atoms with van der Waals surface area (Å²) in [5.41, 5.74) is -0.0657. The standard InChI is InChI=1S/C15H13F2N3O3/c16-10-2-1-3-11(17)14(10)8-6-9(8)15(23)18-12-4-5-20(19-12)7-13(21)22/h1-5,8-9H,6-7H2,(H,21,22)(H,18,19,23)/t8-,9+/m1/s1. The maximum atomic E-state index is 13.7. The van der Waals surface area contributed by atoms with Crippen molar-refractivity contribution >= 4 is 17.7 Å². The van der Waals surface area contributed by atoms with Crippen LogP contribution in [0.3, 0.4) is 0 Å². The van der Waals surface area contributed by atoms with Gasteiger partial charge in [-0.25, -0.2) is 8.78 Å². The second kappa shape index (κ2) is 5.79. The molecule has 1 aliphatic rings. The topological polar surface area (TPSA) is 84.2 Å². The van der Waals surface area contributed by atoms with Gasteiger partial charge in [-0.2, -0.15) is 5.10 Å². The SMILES string of the molecule is O=C(O)Cn1ccc(NC(=O)[C@H]2C[C@H]2c2c(F)cccc2F)n1. The van der Waals surface area contributed by atoms with E-state index in [2.05, 4.69) is 10.4 Å². The van der Waals surface area contributed by atoms with Crippen LogP contribution in [0.15, 0.2) is 30.5 Å². The summed E-state index contributed by atoms with van der Waals surface area (Å²) in [6.07, 6.45) is 1.78. The fourth-order valence-electron chi connectivity index (χ4n) is 2.54. The monoisotopic (exact) mass is 321 g/mol. The molecule has 1 aromatic heterocycles. The molecule has 120 valence electrons. The van der Waals surface area contributed by atoms with Gasteiger partial charge in [0.05, 0.1) is 0 Å². The van der Waals surface area contributed by atoms with Crippen LogP contribution < -0.4 is 5.32 Å². The molecule has 1 amide bonds. The summed E-state index contributed by atoms with van der Waals surface area (Å²) in [4.78, 5) is 22.7. The lowest BCUT2D eigenvalue weighted by Gasteiger charge is -2.04. The number of carbonyl (C=O) groups excluding carboxylic acids is 1. The molecular weight excluding hydrogens is 308 g/mol. The van der Waals surface area contributed by atoms with Gasteiger partial charge in [0.2, 0.25) is 5.91 Å². The highest BCUT2D eigenvalue weighted by atomic mass is 19.1. The number of amides is 1. The number of carboxylic acids is 1. The number of carbonyl (C=O) groups is 2. The van der Waals surface area contributed by atoms with Crippen LogP contribution in [0.2, 0.25) is 0 Å². The summed E-state index contributed by atoms with van der Waals surface area (Å²) in [6, 6.07) is 5.07. The maximum absolute atomic E-state index is 13.7. The van der Waals surface area contributed by atoms with Crippen molar-refractivity contribution in [1.29, 1.82) is 0 Å². The molecule has 6 nitrogen and oxygen atoms in total. The Morgan fingerprint density at radius 2 is 2.00 bits per heavy atom. The molecule has 0 aliphatic heterocycles. The first kappa shape index (κ1) is 15.1. The van der Waals surface area contributed by atoms with Gasteiger partial charge >= 0.3 is 5.97 Å². The zero-order valence-electron chi connectivity index (χ0n) is 11.9. The quantitative estimate of drug-likeness (QED) is 0.882. The molecule has 2 atom stereocenters. The number of aliphatic carboxylic acids is 1. The smallest absolute Gasteiger partial charge is 0.325 e. The van der Waals surface area contributed by atoms with Gasteiger partial charge in [0.1, 0.15) is 18.2 Å². The highest BCUT2D eigenvalue weighted by Crippen LogP contribution is 2.49. The molecule has 0 bridgehead atoms. The number of nitrogens with zero attached hydrogens (tertiary/aromatic N) is 2. The molecule has 1 fully saturated rings. The molecule has 2 N–H and O–H groups in total. The van der Waals surface area contributed by atoms with Crippen molar-refractivity contribution in [3.63, 3.8) is 0 Å². The molecule has 3 rings (SSSR count). The van der Waals surface area contributed by atoms with E-state index < -0.39 is 35.3 Å². The molecular formula is C15H13F2N3O3. The van der Waals surface area contributed by atoms with E-state index in [9.17, 15) is 18.4 Å². The summed E-state index contributed by atoms with van der Waals surface area (Å²) < 4.78 is 28.5. The summed E-state index contributed by atoms with van der Waals surface area (Å²) in [6.45, 7) is -0.317. The van der Waals surface area contributed by atoms with E-state index in [1.165, 1.54) is 35.1 Å². The van der Waals surface area contributed by atoms with E-state index in [4.69, 9.17) is 5.11 Å². The third kappa shape index (κ3) is 3.20. The van der Waals surface area contributed by atoms with Crippen LogP contribution in [0.5, 0.6) is 0 Å². The molecule has 1 saturated carbocycles. The van der Waals surface area contributed by atoms with Gasteiger partial charge in [-0.1, -0.05) is 6.07 Å². The van der Waals surface area contributed by atoms with Crippen molar-refractivity contribution in [1.82, 2.24) is 9.78 Å². The lowest BCUT2D eigenvalue weighted by Crippen LogP contribution is -2.16. The van der Waals surface area contributed by atoms with Crippen molar-refractivity contribution in [3.8, 4) is 0 Å². The van der Waals surface area contributed by atoms with Crippen molar-refractivity contribution < 1.29 is 23.5 Å². The molecule has 0 unspecified atom stereocenters. The van der Waals surface area contributed by atoms with Crippen LogP contribution in [0, 0.1) is 17.6 Å². The van der Waals surface area contributed by atoms with Gasteiger partial charge in [0.25, 0.3) is 0 Å². The first-order valence-corrected chi connectivity index (χ1v) is 6.95. The minimum absolute atomic E-state index is 0.0657. The van der Waals surface area contributed by atoms with Crippen LogP contribution in [-0.4, -0.2) is 26.8 Å². The Morgan fingerprint density at radius 1 is 1.30 bits per heavy atom. The molecule has 0 saturated heterocycles.